The van der Waals surface area contributed by atoms with Crippen molar-refractivity contribution in [2.24, 2.45) is 5.14 Å². The Kier molecular flexibility index (Phi) is 5.87. The van der Waals surface area contributed by atoms with Gasteiger partial charge in [0, 0.05) is 11.1 Å². The second-order valence-corrected chi connectivity index (χ2v) is 10.7. The molecule has 14 heteroatoms. The van der Waals surface area contributed by atoms with Gasteiger partial charge in [-0.05, 0) is 57.9 Å². The summed E-state index contributed by atoms with van der Waals surface area (Å²) in [6.07, 6.45) is -9.53. The van der Waals surface area contributed by atoms with E-state index in [0.29, 0.717) is 24.3 Å². The first kappa shape index (κ1) is 25.9. The molecule has 0 radical (unpaired) electrons. The zero-order valence-electron chi connectivity index (χ0n) is 17.5. The summed E-state index contributed by atoms with van der Waals surface area (Å²) in [6.45, 7) is 0. The van der Waals surface area contributed by atoms with Crippen LogP contribution in [0, 0.1) is 0 Å². The Bertz CT molecular complexity index is 1630. The molecule has 0 aliphatic heterocycles. The molecule has 0 saturated heterocycles. The number of primary sulfonamides is 1. The highest BCUT2D eigenvalue weighted by Crippen LogP contribution is 2.44. The zero-order valence-corrected chi connectivity index (χ0v) is 19.1. The molecule has 0 amide bonds. The predicted molar refractivity (Wildman–Crippen MR) is 118 cm³/mol. The predicted octanol–water partition coefficient (Wildman–Crippen LogP) is 5.59. The first-order valence-corrected chi connectivity index (χ1v) is 12.7. The number of hydrogen-bond donors (Lipinski definition) is 2. The fraction of sp³-hybridized carbons (Fsp3) is 0.0909. The number of nitrogens with two attached hydrogens (primary N) is 1. The number of fused-ring (bicyclic) bond motifs is 2. The Labute approximate surface area is 199 Å². The van der Waals surface area contributed by atoms with Crippen LogP contribution in [-0.4, -0.2) is 21.4 Å². The van der Waals surface area contributed by atoms with E-state index < -0.39 is 64.5 Å². The van der Waals surface area contributed by atoms with E-state index in [1.54, 1.807) is 0 Å². The molecule has 0 fully saturated rings. The minimum Gasteiger partial charge on any atom is -0.282 e. The summed E-state index contributed by atoms with van der Waals surface area (Å²) in [5.74, 6) is 0. The van der Waals surface area contributed by atoms with Gasteiger partial charge in [0.15, 0.2) is 0 Å². The molecule has 0 spiro atoms. The molecular weight excluding hydrogens is 536 g/mol. The molecule has 4 rings (SSSR count). The highest BCUT2D eigenvalue weighted by atomic mass is 32.2. The van der Waals surface area contributed by atoms with Crippen LogP contribution in [-0.2, 0) is 32.5 Å². The van der Waals surface area contributed by atoms with E-state index in [4.69, 9.17) is 5.14 Å². The van der Waals surface area contributed by atoms with E-state index in [2.05, 4.69) is 0 Å². The van der Waals surface area contributed by atoms with Crippen LogP contribution in [0.4, 0.5) is 26.3 Å². The normalized spacial score (nSPS) is 13.4. The first-order chi connectivity index (χ1) is 16.4. The van der Waals surface area contributed by atoms with E-state index in [9.17, 15) is 47.7 Å². The second kappa shape index (κ2) is 8.16. The van der Waals surface area contributed by atoms with Gasteiger partial charge in [0.2, 0.25) is 10.0 Å². The smallest absolute Gasteiger partial charge is 0.282 e. The van der Waals surface area contributed by atoms with E-state index >= 15 is 0 Å². The number of hydrogen-bond acceptors (Lipinski definition) is 4. The summed E-state index contributed by atoms with van der Waals surface area (Å²) in [5, 5.41) is 4.52. The van der Waals surface area contributed by atoms with Crippen LogP contribution in [0.25, 0.3) is 32.7 Å². The van der Waals surface area contributed by atoms with E-state index in [-0.39, 0.29) is 21.5 Å². The largest absolute Gasteiger partial charge is 0.416 e. The average molecular weight is 549 g/mol. The molecule has 4 aromatic rings. The SMILES string of the molecule is NS(=O)(=O)c1ccc2cc(C(F)(F)F)ccc2c1-c1c(S(=O)(=O)O)ccc2cc(C(F)(F)F)ccc12. The van der Waals surface area contributed by atoms with Gasteiger partial charge in [-0.2, -0.15) is 34.8 Å². The van der Waals surface area contributed by atoms with Crippen LogP contribution in [0.3, 0.4) is 0 Å². The van der Waals surface area contributed by atoms with Gasteiger partial charge in [0.25, 0.3) is 10.1 Å². The lowest BCUT2D eigenvalue weighted by Gasteiger charge is -2.18. The summed E-state index contributed by atoms with van der Waals surface area (Å²) in [6, 6.07) is 7.97. The van der Waals surface area contributed by atoms with Gasteiger partial charge in [-0.3, -0.25) is 4.55 Å². The third kappa shape index (κ3) is 4.64. The summed E-state index contributed by atoms with van der Waals surface area (Å²) in [4.78, 5) is -1.60. The lowest BCUT2D eigenvalue weighted by Crippen LogP contribution is -2.15. The maximum absolute atomic E-state index is 13.3. The van der Waals surface area contributed by atoms with Crippen LogP contribution in [0.5, 0.6) is 0 Å². The van der Waals surface area contributed by atoms with Crippen molar-refractivity contribution in [3.05, 3.63) is 71.8 Å². The van der Waals surface area contributed by atoms with Gasteiger partial charge >= 0.3 is 12.4 Å². The summed E-state index contributed by atoms with van der Waals surface area (Å²) >= 11 is 0. The van der Waals surface area contributed by atoms with E-state index in [0.717, 1.165) is 36.4 Å². The van der Waals surface area contributed by atoms with E-state index in [1.165, 1.54) is 0 Å². The Balaban J connectivity index is 2.25. The van der Waals surface area contributed by atoms with E-state index in [1.807, 2.05) is 0 Å². The van der Waals surface area contributed by atoms with Crippen LogP contribution in [0.15, 0.2) is 70.5 Å². The third-order valence-electron chi connectivity index (χ3n) is 5.45. The van der Waals surface area contributed by atoms with Gasteiger partial charge < -0.3 is 0 Å². The highest BCUT2D eigenvalue weighted by molar-refractivity contribution is 7.89. The van der Waals surface area contributed by atoms with Crippen molar-refractivity contribution < 1.29 is 47.7 Å². The van der Waals surface area contributed by atoms with Crippen LogP contribution in [0.2, 0.25) is 0 Å². The molecule has 190 valence electrons. The highest BCUT2D eigenvalue weighted by Gasteiger charge is 2.33. The van der Waals surface area contributed by atoms with Crippen molar-refractivity contribution >= 4 is 41.7 Å². The average Bonchev–Trinajstić information content (AvgIpc) is 2.74. The zero-order chi connectivity index (χ0) is 26.8. The number of alkyl halides is 6. The first-order valence-electron chi connectivity index (χ1n) is 9.67. The fourth-order valence-corrected chi connectivity index (χ4v) is 5.40. The topological polar surface area (TPSA) is 115 Å². The monoisotopic (exact) mass is 549 g/mol. The molecule has 0 atom stereocenters. The molecule has 0 aliphatic rings. The number of benzene rings is 4. The number of halogens is 6. The number of sulfonamides is 1. The molecule has 3 N–H and O–H groups in total. The van der Waals surface area contributed by atoms with Gasteiger partial charge in [-0.15, -0.1) is 0 Å². The van der Waals surface area contributed by atoms with Gasteiger partial charge in [-0.1, -0.05) is 24.3 Å². The molecule has 6 nitrogen and oxygen atoms in total. The molecule has 0 aromatic heterocycles. The number of rotatable bonds is 3. The molecule has 4 aromatic carbocycles. The van der Waals surface area contributed by atoms with Crippen molar-refractivity contribution in [1.82, 2.24) is 0 Å². The summed E-state index contributed by atoms with van der Waals surface area (Å²) < 4.78 is 139. The quantitative estimate of drug-likeness (QED) is 0.255. The minimum atomic E-state index is -5.11. The summed E-state index contributed by atoms with van der Waals surface area (Å²) in [7, 11) is -9.76. The molecule has 0 bridgehead atoms. The molecule has 0 aliphatic carbocycles. The maximum Gasteiger partial charge on any atom is 0.416 e. The Hall–Kier alpha value is -3.20. The van der Waals surface area contributed by atoms with Crippen molar-refractivity contribution in [3.8, 4) is 11.1 Å². The molecule has 0 saturated carbocycles. The van der Waals surface area contributed by atoms with Gasteiger partial charge in [-0.25, -0.2) is 13.6 Å². The van der Waals surface area contributed by atoms with Gasteiger partial charge in [0.1, 0.15) is 4.90 Å². The van der Waals surface area contributed by atoms with Crippen molar-refractivity contribution in [1.29, 1.82) is 0 Å². The molecule has 0 unspecified atom stereocenters. The molecular formula is C22H13F6NO5S2. The standard InChI is InChI=1S/C22H13F6NO5S2/c23-21(24,25)13-3-5-15-11(9-13)1-7-17(35(29,30)31)19(15)20-16-6-4-14(22(26,27)28)10-12(16)2-8-18(20)36(32,33)34/h1-10H,(H2,29,30,31)(H,32,33,34). The van der Waals surface area contributed by atoms with Crippen molar-refractivity contribution in [2.45, 2.75) is 22.1 Å². The molecule has 0 heterocycles. The van der Waals surface area contributed by atoms with Crippen LogP contribution < -0.4 is 5.14 Å². The maximum atomic E-state index is 13.3. The van der Waals surface area contributed by atoms with Crippen molar-refractivity contribution in [3.63, 3.8) is 0 Å². The Morgan fingerprint density at radius 3 is 1.36 bits per heavy atom. The third-order valence-corrected chi connectivity index (χ3v) is 7.30. The summed E-state index contributed by atoms with van der Waals surface area (Å²) in [5.41, 5.74) is -3.23. The van der Waals surface area contributed by atoms with Crippen molar-refractivity contribution in [2.75, 3.05) is 0 Å². The lowest BCUT2D eigenvalue weighted by atomic mass is 9.92. The lowest BCUT2D eigenvalue weighted by molar-refractivity contribution is -0.138. The minimum absolute atomic E-state index is 0.169. The van der Waals surface area contributed by atoms with Crippen LogP contribution >= 0.6 is 0 Å². The van der Waals surface area contributed by atoms with Crippen LogP contribution in [0.1, 0.15) is 11.1 Å². The Morgan fingerprint density at radius 2 is 1.00 bits per heavy atom. The second-order valence-electron chi connectivity index (χ2n) is 7.76. The molecule has 36 heavy (non-hydrogen) atoms. The fourth-order valence-electron chi connectivity index (χ4n) is 3.94. The van der Waals surface area contributed by atoms with Gasteiger partial charge in [0.05, 0.1) is 16.0 Å². The Morgan fingerprint density at radius 1 is 0.611 bits per heavy atom.